The molecule has 0 N–H and O–H groups in total. The predicted molar refractivity (Wildman–Crippen MR) is 71.3 cm³/mol. The number of halogens is 3. The summed E-state index contributed by atoms with van der Waals surface area (Å²) in [4.78, 5) is 8.34. The number of hydrogen-bond donors (Lipinski definition) is 0. The van der Waals surface area contributed by atoms with Crippen molar-refractivity contribution >= 4 is 39.1 Å². The normalized spacial score (nSPS) is 12.8. The van der Waals surface area contributed by atoms with Gasteiger partial charge in [-0.05, 0) is 28.1 Å². The quantitative estimate of drug-likeness (QED) is 0.733. The molecule has 92 valence electrons. The molecule has 0 bridgehead atoms. The van der Waals surface area contributed by atoms with Crippen LogP contribution in [-0.2, 0) is 0 Å². The van der Waals surface area contributed by atoms with E-state index in [0.29, 0.717) is 32.0 Å². The number of nitrogens with zero attached hydrogens (tertiary/aromatic N) is 2. The Balaban J connectivity index is 2.12. The zero-order valence-corrected chi connectivity index (χ0v) is 11.9. The standard InChI is InChI=1S/C11H5BrCl2N2O2/c12-6-3-15-11(16-10(6)14)5-1-7(13)9-8(2-5)17-4-18-9/h1-3H,4H2. The van der Waals surface area contributed by atoms with Crippen molar-refractivity contribution in [1.82, 2.24) is 9.97 Å². The maximum atomic E-state index is 6.09. The lowest BCUT2D eigenvalue weighted by Gasteiger charge is -2.04. The van der Waals surface area contributed by atoms with E-state index in [9.17, 15) is 0 Å². The van der Waals surface area contributed by atoms with Gasteiger partial charge in [-0.3, -0.25) is 0 Å². The lowest BCUT2D eigenvalue weighted by Crippen LogP contribution is -1.93. The van der Waals surface area contributed by atoms with Crippen LogP contribution in [0.4, 0.5) is 0 Å². The molecule has 1 aliphatic heterocycles. The molecule has 0 saturated carbocycles. The van der Waals surface area contributed by atoms with Crippen LogP contribution in [0.15, 0.2) is 22.8 Å². The number of hydrogen-bond acceptors (Lipinski definition) is 4. The SMILES string of the molecule is Clc1cc(-c2ncc(Br)c(Cl)n2)cc2c1OCO2. The molecule has 1 aliphatic rings. The molecule has 4 nitrogen and oxygen atoms in total. The fourth-order valence-corrected chi connectivity index (χ4v) is 2.17. The summed E-state index contributed by atoms with van der Waals surface area (Å²) in [5.74, 6) is 1.60. The number of benzene rings is 1. The summed E-state index contributed by atoms with van der Waals surface area (Å²) >= 11 is 15.3. The topological polar surface area (TPSA) is 44.2 Å². The molecule has 1 aromatic heterocycles. The Bertz CT molecular complexity index is 637. The summed E-state index contributed by atoms with van der Waals surface area (Å²) in [6.07, 6.45) is 1.59. The highest BCUT2D eigenvalue weighted by Gasteiger charge is 2.19. The van der Waals surface area contributed by atoms with Gasteiger partial charge in [0.15, 0.2) is 17.3 Å². The molecule has 0 atom stereocenters. The summed E-state index contributed by atoms with van der Waals surface area (Å²) in [6, 6.07) is 3.49. The Labute approximate surface area is 121 Å². The van der Waals surface area contributed by atoms with Gasteiger partial charge in [0.1, 0.15) is 5.15 Å². The summed E-state index contributed by atoms with van der Waals surface area (Å²) in [6.45, 7) is 0.167. The van der Waals surface area contributed by atoms with E-state index in [2.05, 4.69) is 25.9 Å². The third-order valence-corrected chi connectivity index (χ3v) is 3.76. The summed E-state index contributed by atoms with van der Waals surface area (Å²) in [5.41, 5.74) is 0.721. The van der Waals surface area contributed by atoms with Crippen LogP contribution in [0.25, 0.3) is 11.4 Å². The lowest BCUT2D eigenvalue weighted by molar-refractivity contribution is 0.174. The summed E-state index contributed by atoms with van der Waals surface area (Å²) in [5, 5.41) is 0.802. The zero-order valence-electron chi connectivity index (χ0n) is 8.78. The molecule has 0 radical (unpaired) electrons. The van der Waals surface area contributed by atoms with Crippen molar-refractivity contribution in [2.75, 3.05) is 6.79 Å². The first-order chi connectivity index (χ1) is 8.65. The second-order valence-electron chi connectivity index (χ2n) is 3.52. The van der Waals surface area contributed by atoms with Gasteiger partial charge in [0.05, 0.1) is 9.50 Å². The molecular formula is C11H5BrCl2N2O2. The fourth-order valence-electron chi connectivity index (χ4n) is 1.58. The van der Waals surface area contributed by atoms with E-state index in [1.807, 2.05) is 0 Å². The first kappa shape index (κ1) is 12.0. The first-order valence-electron chi connectivity index (χ1n) is 4.92. The molecule has 0 aliphatic carbocycles. The zero-order chi connectivity index (χ0) is 12.7. The maximum absolute atomic E-state index is 6.09. The smallest absolute Gasteiger partial charge is 0.231 e. The van der Waals surface area contributed by atoms with Gasteiger partial charge in [0.25, 0.3) is 0 Å². The lowest BCUT2D eigenvalue weighted by atomic mass is 10.2. The van der Waals surface area contributed by atoms with E-state index in [1.54, 1.807) is 18.3 Å². The van der Waals surface area contributed by atoms with E-state index in [1.165, 1.54) is 0 Å². The van der Waals surface area contributed by atoms with Gasteiger partial charge in [0, 0.05) is 11.8 Å². The molecule has 0 fully saturated rings. The summed E-state index contributed by atoms with van der Waals surface area (Å²) < 4.78 is 11.2. The Kier molecular flexibility index (Phi) is 3.05. The van der Waals surface area contributed by atoms with Gasteiger partial charge in [-0.2, -0.15) is 0 Å². The van der Waals surface area contributed by atoms with Crippen molar-refractivity contribution < 1.29 is 9.47 Å². The van der Waals surface area contributed by atoms with Crippen molar-refractivity contribution in [3.63, 3.8) is 0 Å². The molecule has 2 aromatic rings. The molecule has 7 heteroatoms. The molecule has 0 amide bonds. The Morgan fingerprint density at radius 1 is 1.22 bits per heavy atom. The molecule has 0 spiro atoms. The fraction of sp³-hybridized carbons (Fsp3) is 0.0909. The summed E-state index contributed by atoms with van der Waals surface area (Å²) in [7, 11) is 0. The molecule has 1 aromatic carbocycles. The van der Waals surface area contributed by atoms with Crippen molar-refractivity contribution in [1.29, 1.82) is 0 Å². The van der Waals surface area contributed by atoms with E-state index >= 15 is 0 Å². The largest absolute Gasteiger partial charge is 0.454 e. The molecule has 3 rings (SSSR count). The van der Waals surface area contributed by atoms with Crippen molar-refractivity contribution in [2.45, 2.75) is 0 Å². The maximum Gasteiger partial charge on any atom is 0.231 e. The van der Waals surface area contributed by atoms with Crippen LogP contribution in [0, 0.1) is 0 Å². The average Bonchev–Trinajstić information content (AvgIpc) is 2.81. The van der Waals surface area contributed by atoms with Crippen LogP contribution in [-0.4, -0.2) is 16.8 Å². The van der Waals surface area contributed by atoms with Crippen molar-refractivity contribution in [2.24, 2.45) is 0 Å². The first-order valence-corrected chi connectivity index (χ1v) is 6.47. The van der Waals surface area contributed by atoms with Gasteiger partial charge in [-0.25, -0.2) is 9.97 Å². The third-order valence-electron chi connectivity index (χ3n) is 2.39. The number of rotatable bonds is 1. The highest BCUT2D eigenvalue weighted by molar-refractivity contribution is 9.10. The van der Waals surface area contributed by atoms with Crippen LogP contribution < -0.4 is 9.47 Å². The van der Waals surface area contributed by atoms with Crippen molar-refractivity contribution in [3.8, 4) is 22.9 Å². The van der Waals surface area contributed by atoms with Crippen LogP contribution in [0.2, 0.25) is 10.2 Å². The van der Waals surface area contributed by atoms with Crippen LogP contribution in [0.3, 0.4) is 0 Å². The Hall–Kier alpha value is -1.04. The van der Waals surface area contributed by atoms with E-state index in [-0.39, 0.29) is 6.79 Å². The van der Waals surface area contributed by atoms with E-state index in [4.69, 9.17) is 32.7 Å². The number of ether oxygens (including phenoxy) is 2. The van der Waals surface area contributed by atoms with Gasteiger partial charge >= 0.3 is 0 Å². The molecule has 2 heterocycles. The predicted octanol–water partition coefficient (Wildman–Crippen LogP) is 3.94. The second-order valence-corrected chi connectivity index (χ2v) is 5.14. The van der Waals surface area contributed by atoms with Gasteiger partial charge < -0.3 is 9.47 Å². The minimum Gasteiger partial charge on any atom is -0.454 e. The highest BCUT2D eigenvalue weighted by Crippen LogP contribution is 2.41. The van der Waals surface area contributed by atoms with Crippen LogP contribution in [0.1, 0.15) is 0 Å². The number of fused-ring (bicyclic) bond motifs is 1. The van der Waals surface area contributed by atoms with Gasteiger partial charge in [-0.1, -0.05) is 23.2 Å². The molecule has 0 unspecified atom stereocenters. The molecular weight excluding hydrogens is 343 g/mol. The van der Waals surface area contributed by atoms with Gasteiger partial charge in [-0.15, -0.1) is 0 Å². The highest BCUT2D eigenvalue weighted by atomic mass is 79.9. The van der Waals surface area contributed by atoms with Crippen LogP contribution in [0.5, 0.6) is 11.5 Å². The molecule has 18 heavy (non-hydrogen) atoms. The third kappa shape index (κ3) is 2.02. The minimum atomic E-state index is 0.167. The van der Waals surface area contributed by atoms with E-state index in [0.717, 1.165) is 5.56 Å². The average molecular weight is 348 g/mol. The van der Waals surface area contributed by atoms with E-state index < -0.39 is 0 Å². The van der Waals surface area contributed by atoms with Crippen LogP contribution >= 0.6 is 39.1 Å². The van der Waals surface area contributed by atoms with Crippen molar-refractivity contribution in [3.05, 3.63) is 33.0 Å². The number of aromatic nitrogens is 2. The monoisotopic (exact) mass is 346 g/mol. The Morgan fingerprint density at radius 3 is 2.83 bits per heavy atom. The Morgan fingerprint density at radius 2 is 2.06 bits per heavy atom. The second kappa shape index (κ2) is 4.57. The minimum absolute atomic E-state index is 0.167. The molecule has 0 saturated heterocycles. The van der Waals surface area contributed by atoms with Gasteiger partial charge in [0.2, 0.25) is 6.79 Å².